The summed E-state index contributed by atoms with van der Waals surface area (Å²) >= 11 is 0. The zero-order chi connectivity index (χ0) is 44.7. The largest absolute Gasteiger partial charge is 0.457 e. The molecule has 1 aliphatic heterocycles. The molecule has 0 saturated heterocycles. The second-order valence-corrected chi connectivity index (χ2v) is 11.6. The Morgan fingerprint density at radius 1 is 0.396 bits per heavy atom. The Balaban J connectivity index is 1.39. The molecule has 0 unspecified atom stereocenters. The molecule has 10 rings (SSSR count). The standard InChI is InChI=1S/C47H30O/c1-2-14-31(15-3-1)35-22-12-16-32-17-13-23-39(46(32)35)36-19-5-4-18-34(36)33-28-29-43-45(30-33)48-44-27-11-10-26-42(44)47(43)40-24-8-6-20-37(40)38-21-7-9-25-41(38)47/h1-30H/i6D,7D,8D,9D,10D,11D,20D,21D,24D,25D,26D,27D,28D,29D,30D. The predicted octanol–water partition coefficient (Wildman–Crippen LogP) is 12.3. The van der Waals surface area contributed by atoms with Crippen molar-refractivity contribution in [2.45, 2.75) is 5.41 Å². The van der Waals surface area contributed by atoms with Crippen molar-refractivity contribution >= 4 is 10.8 Å². The maximum Gasteiger partial charge on any atom is 0.132 e. The summed E-state index contributed by atoms with van der Waals surface area (Å²) < 4.78 is 144. The van der Waals surface area contributed by atoms with E-state index >= 15 is 0 Å². The molecule has 0 bridgehead atoms. The zero-order valence-corrected chi connectivity index (χ0v) is 25.1. The lowest BCUT2D eigenvalue weighted by molar-refractivity contribution is 0.436. The second-order valence-electron chi connectivity index (χ2n) is 11.6. The average molecular weight is 626 g/mol. The summed E-state index contributed by atoms with van der Waals surface area (Å²) in [4.78, 5) is 0. The van der Waals surface area contributed by atoms with E-state index < -0.39 is 130 Å². The van der Waals surface area contributed by atoms with E-state index in [0.29, 0.717) is 11.1 Å². The summed E-state index contributed by atoms with van der Waals surface area (Å²) in [5, 5.41) is 1.79. The van der Waals surface area contributed by atoms with Crippen LogP contribution in [0.1, 0.15) is 42.8 Å². The van der Waals surface area contributed by atoms with Crippen LogP contribution < -0.4 is 4.74 Å². The topological polar surface area (TPSA) is 9.23 Å². The fourth-order valence-corrected chi connectivity index (χ4v) is 7.28. The molecule has 48 heavy (non-hydrogen) atoms. The van der Waals surface area contributed by atoms with Crippen LogP contribution in [0.2, 0.25) is 0 Å². The van der Waals surface area contributed by atoms with E-state index in [0.717, 1.165) is 27.5 Å². The smallest absolute Gasteiger partial charge is 0.132 e. The summed E-state index contributed by atoms with van der Waals surface area (Å²) in [6, 6.07) is 17.9. The first-order valence-electron chi connectivity index (χ1n) is 22.9. The molecule has 0 N–H and O–H groups in total. The molecule has 0 saturated carbocycles. The van der Waals surface area contributed by atoms with Gasteiger partial charge in [0.2, 0.25) is 0 Å². The molecule has 0 atom stereocenters. The van der Waals surface area contributed by atoms with Gasteiger partial charge in [0.25, 0.3) is 0 Å². The van der Waals surface area contributed by atoms with Gasteiger partial charge in [-0.25, -0.2) is 0 Å². The van der Waals surface area contributed by atoms with E-state index in [9.17, 15) is 8.22 Å². The van der Waals surface area contributed by atoms with Gasteiger partial charge in [-0.15, -0.1) is 0 Å². The fraction of sp³-hybridized carbons (Fsp3) is 0.0213. The van der Waals surface area contributed by atoms with Gasteiger partial charge in [0, 0.05) is 11.1 Å². The lowest BCUT2D eigenvalue weighted by Crippen LogP contribution is -2.32. The van der Waals surface area contributed by atoms with Gasteiger partial charge in [0.15, 0.2) is 0 Å². The minimum absolute atomic E-state index is 0.0913. The number of para-hydroxylation sites is 1. The van der Waals surface area contributed by atoms with E-state index in [1.165, 1.54) is 0 Å². The van der Waals surface area contributed by atoms with Crippen LogP contribution in [0.4, 0.5) is 0 Å². The van der Waals surface area contributed by atoms with Crippen molar-refractivity contribution in [2.24, 2.45) is 0 Å². The molecule has 1 nitrogen and oxygen atoms in total. The van der Waals surface area contributed by atoms with Crippen LogP contribution in [0, 0.1) is 0 Å². The lowest BCUT2D eigenvalue weighted by atomic mass is 9.66. The highest BCUT2D eigenvalue weighted by molar-refractivity contribution is 6.08. The van der Waals surface area contributed by atoms with Gasteiger partial charge in [-0.3, -0.25) is 0 Å². The SMILES string of the molecule is [2H]c1c([2H])c([2H])c2c(c1[2H])Oc1c([2H])c(-c3ccccc3-c3cccc4cccc(-c5ccccc5)c34)c([2H])c([2H])c1C21c2c([2H])c([2H])c([2H])c([2H])c2-c2c([2H])c([2H])c([2H])c([2H])c21. The second kappa shape index (κ2) is 10.4. The van der Waals surface area contributed by atoms with Crippen molar-refractivity contribution in [3.63, 3.8) is 0 Å². The van der Waals surface area contributed by atoms with Crippen molar-refractivity contribution in [3.05, 3.63) is 204 Å². The highest BCUT2D eigenvalue weighted by Gasteiger charge is 2.50. The van der Waals surface area contributed by atoms with Crippen molar-refractivity contribution in [1.29, 1.82) is 0 Å². The highest BCUT2D eigenvalue weighted by Crippen LogP contribution is 2.62. The van der Waals surface area contributed by atoms with Crippen LogP contribution in [0.5, 0.6) is 11.5 Å². The third-order valence-corrected chi connectivity index (χ3v) is 9.24. The Hall–Kier alpha value is -6.18. The van der Waals surface area contributed by atoms with Crippen LogP contribution in [-0.4, -0.2) is 0 Å². The van der Waals surface area contributed by atoms with Crippen molar-refractivity contribution in [1.82, 2.24) is 0 Å². The molecule has 0 amide bonds. The number of fused-ring (bicyclic) bond motifs is 10. The molecular weight excluding hydrogens is 581 g/mol. The van der Waals surface area contributed by atoms with E-state index in [1.54, 1.807) is 18.2 Å². The number of hydrogen-bond donors (Lipinski definition) is 0. The van der Waals surface area contributed by atoms with Gasteiger partial charge in [-0.2, -0.15) is 0 Å². The molecule has 1 heteroatoms. The van der Waals surface area contributed by atoms with Gasteiger partial charge in [-0.05, 0) is 78.5 Å². The van der Waals surface area contributed by atoms with Crippen LogP contribution >= 0.6 is 0 Å². The number of rotatable bonds is 3. The first-order valence-corrected chi connectivity index (χ1v) is 15.4. The van der Waals surface area contributed by atoms with E-state index in [4.69, 9.17) is 17.1 Å². The van der Waals surface area contributed by atoms with Gasteiger partial charge in [0.05, 0.1) is 26.0 Å². The molecular formula is C47H30O. The molecule has 2 aliphatic rings. The monoisotopic (exact) mass is 625 g/mol. The van der Waals surface area contributed by atoms with Crippen LogP contribution in [0.15, 0.2) is 182 Å². The molecule has 224 valence electrons. The summed E-state index contributed by atoms with van der Waals surface area (Å²) in [6.07, 6.45) is 0. The quantitative estimate of drug-likeness (QED) is 0.190. The van der Waals surface area contributed by atoms with E-state index in [-0.39, 0.29) is 16.7 Å². The van der Waals surface area contributed by atoms with Crippen LogP contribution in [0.25, 0.3) is 55.3 Å². The van der Waals surface area contributed by atoms with Gasteiger partial charge in [0.1, 0.15) is 11.5 Å². The van der Waals surface area contributed by atoms with Crippen molar-refractivity contribution < 1.29 is 25.3 Å². The fourth-order valence-electron chi connectivity index (χ4n) is 7.28. The van der Waals surface area contributed by atoms with Crippen LogP contribution in [0.3, 0.4) is 0 Å². The maximum absolute atomic E-state index is 10.00. The number of ether oxygens (including phenoxy) is 1. The molecule has 1 spiro atoms. The van der Waals surface area contributed by atoms with Crippen molar-refractivity contribution in [3.8, 4) is 56.0 Å². The molecule has 1 heterocycles. The summed E-state index contributed by atoms with van der Waals surface area (Å²) in [5.41, 5.74) is -1.61. The minimum atomic E-state index is -2.56. The van der Waals surface area contributed by atoms with E-state index in [1.807, 2.05) is 72.8 Å². The Labute approximate surface area is 301 Å². The average Bonchev–Trinajstić information content (AvgIpc) is 3.60. The Bertz CT molecular complexity index is 3310. The molecule has 0 radical (unpaired) electrons. The van der Waals surface area contributed by atoms with Gasteiger partial charge in [-0.1, -0.05) is 170 Å². The molecule has 8 aromatic carbocycles. The third-order valence-electron chi connectivity index (χ3n) is 9.24. The molecule has 0 fully saturated rings. The van der Waals surface area contributed by atoms with Crippen LogP contribution in [-0.2, 0) is 5.41 Å². The maximum atomic E-state index is 10.00. The normalized spacial score (nSPS) is 17.7. The summed E-state index contributed by atoms with van der Waals surface area (Å²) in [5.74, 6) is -1.06. The molecule has 8 aromatic rings. The zero-order valence-electron chi connectivity index (χ0n) is 40.1. The Morgan fingerprint density at radius 2 is 0.979 bits per heavy atom. The summed E-state index contributed by atoms with van der Waals surface area (Å²) in [6.45, 7) is 0. The Kier molecular flexibility index (Phi) is 3.49. The summed E-state index contributed by atoms with van der Waals surface area (Å²) in [7, 11) is 0. The minimum Gasteiger partial charge on any atom is -0.457 e. The van der Waals surface area contributed by atoms with Gasteiger partial charge >= 0.3 is 0 Å². The Morgan fingerprint density at radius 3 is 1.73 bits per heavy atom. The van der Waals surface area contributed by atoms with E-state index in [2.05, 4.69) is 0 Å². The number of benzene rings is 8. The van der Waals surface area contributed by atoms with Gasteiger partial charge < -0.3 is 4.74 Å². The highest BCUT2D eigenvalue weighted by atomic mass is 16.5. The first-order chi connectivity index (χ1) is 30.1. The lowest BCUT2D eigenvalue weighted by Gasteiger charge is -2.39. The third kappa shape index (κ3) is 3.73. The number of hydrogen-bond acceptors (Lipinski definition) is 1. The predicted molar refractivity (Wildman–Crippen MR) is 198 cm³/mol. The first kappa shape index (κ1) is 16.1. The van der Waals surface area contributed by atoms with Crippen molar-refractivity contribution in [2.75, 3.05) is 0 Å². The molecule has 1 aliphatic carbocycles. The molecule has 0 aromatic heterocycles.